The molecular formula is C47H30N2O. The SMILES string of the molecule is c1cc(-c2cccc3ccccc23)cc(N(c2ccc(-c3ccc4ccccc4c3)cc2)c2cccc3cc4c(cc23)oc2cnccc24)c1. The molecule has 0 aliphatic heterocycles. The van der Waals surface area contributed by atoms with Crippen LogP contribution in [0.15, 0.2) is 187 Å². The average molecular weight is 639 g/mol. The Balaban J connectivity index is 1.16. The summed E-state index contributed by atoms with van der Waals surface area (Å²) in [6.07, 6.45) is 3.62. The van der Waals surface area contributed by atoms with Gasteiger partial charge in [0.2, 0.25) is 0 Å². The van der Waals surface area contributed by atoms with Gasteiger partial charge in [-0.2, -0.15) is 0 Å². The molecule has 3 nitrogen and oxygen atoms in total. The van der Waals surface area contributed by atoms with Crippen molar-refractivity contribution in [1.82, 2.24) is 4.98 Å². The third-order valence-corrected chi connectivity index (χ3v) is 9.91. The Bertz CT molecular complexity index is 2880. The van der Waals surface area contributed by atoms with Crippen LogP contribution in [0.25, 0.3) is 76.5 Å². The number of hydrogen-bond donors (Lipinski definition) is 0. The smallest absolute Gasteiger partial charge is 0.153 e. The van der Waals surface area contributed by atoms with Crippen LogP contribution >= 0.6 is 0 Å². The van der Waals surface area contributed by atoms with Gasteiger partial charge in [-0.1, -0.05) is 115 Å². The summed E-state index contributed by atoms with van der Waals surface area (Å²) in [5.41, 5.74) is 9.65. The minimum atomic E-state index is 0.795. The van der Waals surface area contributed by atoms with Gasteiger partial charge in [0.05, 0.1) is 11.9 Å². The molecule has 50 heavy (non-hydrogen) atoms. The Morgan fingerprint density at radius 1 is 0.400 bits per heavy atom. The van der Waals surface area contributed by atoms with Gasteiger partial charge in [0, 0.05) is 33.7 Å². The predicted molar refractivity (Wildman–Crippen MR) is 210 cm³/mol. The summed E-state index contributed by atoms with van der Waals surface area (Å²) in [5.74, 6) is 0. The fourth-order valence-electron chi connectivity index (χ4n) is 7.47. The van der Waals surface area contributed by atoms with Gasteiger partial charge in [-0.25, -0.2) is 0 Å². The van der Waals surface area contributed by atoms with Crippen molar-refractivity contribution in [2.24, 2.45) is 0 Å². The largest absolute Gasteiger partial charge is 0.454 e. The number of furan rings is 1. The zero-order chi connectivity index (χ0) is 33.0. The molecule has 0 N–H and O–H groups in total. The van der Waals surface area contributed by atoms with E-state index in [2.05, 4.69) is 174 Å². The van der Waals surface area contributed by atoms with E-state index in [1.807, 2.05) is 12.3 Å². The molecule has 0 spiro atoms. The molecule has 2 aromatic heterocycles. The van der Waals surface area contributed by atoms with Crippen LogP contribution < -0.4 is 4.90 Å². The van der Waals surface area contributed by atoms with E-state index in [0.29, 0.717) is 0 Å². The molecule has 0 amide bonds. The maximum atomic E-state index is 6.34. The molecule has 2 heterocycles. The van der Waals surface area contributed by atoms with Crippen LogP contribution in [0.4, 0.5) is 17.1 Å². The topological polar surface area (TPSA) is 29.3 Å². The van der Waals surface area contributed by atoms with Gasteiger partial charge in [-0.3, -0.25) is 4.98 Å². The Labute approximate surface area is 289 Å². The summed E-state index contributed by atoms with van der Waals surface area (Å²) in [6, 6.07) is 61.2. The first-order valence-electron chi connectivity index (χ1n) is 16.9. The zero-order valence-corrected chi connectivity index (χ0v) is 27.1. The van der Waals surface area contributed by atoms with Crippen LogP contribution in [-0.2, 0) is 0 Å². The van der Waals surface area contributed by atoms with Crippen molar-refractivity contribution in [3.8, 4) is 22.3 Å². The molecular weight excluding hydrogens is 609 g/mol. The van der Waals surface area contributed by atoms with E-state index in [0.717, 1.165) is 49.8 Å². The highest BCUT2D eigenvalue weighted by Gasteiger charge is 2.19. The molecule has 3 heteroatoms. The second kappa shape index (κ2) is 11.5. The quantitative estimate of drug-likeness (QED) is 0.188. The molecule has 0 unspecified atom stereocenters. The van der Waals surface area contributed by atoms with Crippen molar-refractivity contribution in [3.05, 3.63) is 182 Å². The summed E-state index contributed by atoms with van der Waals surface area (Å²) in [4.78, 5) is 6.67. The lowest BCUT2D eigenvalue weighted by Crippen LogP contribution is -2.10. The summed E-state index contributed by atoms with van der Waals surface area (Å²) in [5, 5.41) is 9.39. The lowest BCUT2D eigenvalue weighted by molar-refractivity contribution is 0.667. The highest BCUT2D eigenvalue weighted by atomic mass is 16.3. The average Bonchev–Trinajstić information content (AvgIpc) is 3.55. The van der Waals surface area contributed by atoms with Gasteiger partial charge in [-0.05, 0) is 104 Å². The van der Waals surface area contributed by atoms with Crippen molar-refractivity contribution < 1.29 is 4.42 Å². The van der Waals surface area contributed by atoms with Gasteiger partial charge in [0.15, 0.2) is 5.58 Å². The van der Waals surface area contributed by atoms with E-state index in [9.17, 15) is 0 Å². The third kappa shape index (κ3) is 4.71. The van der Waals surface area contributed by atoms with Gasteiger partial charge in [0.25, 0.3) is 0 Å². The first-order chi connectivity index (χ1) is 24.8. The van der Waals surface area contributed by atoms with Crippen molar-refractivity contribution >= 4 is 71.3 Å². The minimum absolute atomic E-state index is 0.795. The fourth-order valence-corrected chi connectivity index (χ4v) is 7.47. The van der Waals surface area contributed by atoms with Crippen molar-refractivity contribution in [2.75, 3.05) is 4.90 Å². The van der Waals surface area contributed by atoms with Crippen LogP contribution in [-0.4, -0.2) is 4.98 Å². The standard InChI is InChI=1S/C47H30N2O/c1-2-10-34-26-35(19-18-31(34)8-1)32-20-22-38(23-21-32)49(39-14-5-12-36(27-39)41-16-6-11-33-9-3-4-15-40(33)41)45-17-7-13-37-28-44-42-24-25-48-30-47(42)50-46(44)29-43(37)45/h1-30H. The van der Waals surface area contributed by atoms with Gasteiger partial charge in [0.1, 0.15) is 5.58 Å². The lowest BCUT2D eigenvalue weighted by atomic mass is 9.97. The van der Waals surface area contributed by atoms with Crippen LogP contribution in [0, 0.1) is 0 Å². The molecule has 0 saturated carbocycles. The molecule has 234 valence electrons. The van der Waals surface area contributed by atoms with Crippen LogP contribution in [0.3, 0.4) is 0 Å². The van der Waals surface area contributed by atoms with E-state index in [4.69, 9.17) is 4.42 Å². The summed E-state index contributed by atoms with van der Waals surface area (Å²) in [6.45, 7) is 0. The minimum Gasteiger partial charge on any atom is -0.454 e. The number of hydrogen-bond acceptors (Lipinski definition) is 3. The molecule has 10 aromatic rings. The van der Waals surface area contributed by atoms with E-state index < -0.39 is 0 Å². The van der Waals surface area contributed by atoms with Gasteiger partial charge in [-0.15, -0.1) is 0 Å². The second-order valence-corrected chi connectivity index (χ2v) is 12.8. The molecule has 10 rings (SSSR count). The van der Waals surface area contributed by atoms with Crippen molar-refractivity contribution in [2.45, 2.75) is 0 Å². The van der Waals surface area contributed by atoms with Crippen molar-refractivity contribution in [3.63, 3.8) is 0 Å². The number of pyridine rings is 1. The van der Waals surface area contributed by atoms with Gasteiger partial charge >= 0.3 is 0 Å². The lowest BCUT2D eigenvalue weighted by Gasteiger charge is -2.27. The summed E-state index contributed by atoms with van der Waals surface area (Å²) >= 11 is 0. The molecule has 0 saturated heterocycles. The molecule has 0 bridgehead atoms. The fraction of sp³-hybridized carbons (Fsp3) is 0. The van der Waals surface area contributed by atoms with Crippen LogP contribution in [0.2, 0.25) is 0 Å². The maximum absolute atomic E-state index is 6.34. The van der Waals surface area contributed by atoms with E-state index in [1.165, 1.54) is 43.8 Å². The number of benzene rings is 8. The highest BCUT2D eigenvalue weighted by Crippen LogP contribution is 2.43. The first-order valence-corrected chi connectivity index (χ1v) is 16.9. The highest BCUT2D eigenvalue weighted by molar-refractivity contribution is 6.13. The molecule has 0 aliphatic carbocycles. The number of aromatic nitrogens is 1. The number of fused-ring (bicyclic) bond motifs is 6. The molecule has 0 atom stereocenters. The molecule has 8 aromatic carbocycles. The zero-order valence-electron chi connectivity index (χ0n) is 27.1. The number of anilines is 3. The maximum Gasteiger partial charge on any atom is 0.153 e. The van der Waals surface area contributed by atoms with Crippen LogP contribution in [0.1, 0.15) is 0 Å². The Morgan fingerprint density at radius 2 is 1.16 bits per heavy atom. The molecule has 0 fully saturated rings. The van der Waals surface area contributed by atoms with E-state index in [1.54, 1.807) is 6.20 Å². The Morgan fingerprint density at radius 3 is 2.08 bits per heavy atom. The number of rotatable bonds is 5. The predicted octanol–water partition coefficient (Wildman–Crippen LogP) is 13.2. The third-order valence-electron chi connectivity index (χ3n) is 9.91. The second-order valence-electron chi connectivity index (χ2n) is 12.8. The molecule has 0 aliphatic rings. The van der Waals surface area contributed by atoms with Gasteiger partial charge < -0.3 is 9.32 Å². The number of nitrogens with zero attached hydrogens (tertiary/aromatic N) is 2. The summed E-state index contributed by atoms with van der Waals surface area (Å²) in [7, 11) is 0. The Hall–Kier alpha value is -6.71. The summed E-state index contributed by atoms with van der Waals surface area (Å²) < 4.78 is 6.34. The van der Waals surface area contributed by atoms with Crippen LogP contribution in [0.5, 0.6) is 0 Å². The van der Waals surface area contributed by atoms with Crippen molar-refractivity contribution in [1.29, 1.82) is 0 Å². The van der Waals surface area contributed by atoms with E-state index >= 15 is 0 Å². The normalized spacial score (nSPS) is 11.6. The van der Waals surface area contributed by atoms with E-state index in [-0.39, 0.29) is 0 Å². The first kappa shape index (κ1) is 28.3. The molecule has 0 radical (unpaired) electrons. The Kier molecular flexibility index (Phi) is 6.49. The monoisotopic (exact) mass is 638 g/mol.